The topological polar surface area (TPSA) is 94.5 Å². The minimum Gasteiger partial charge on any atom is -0.487 e. The maximum atomic E-state index is 13.9. The van der Waals surface area contributed by atoms with Crippen LogP contribution in [0.2, 0.25) is 0 Å². The van der Waals surface area contributed by atoms with Gasteiger partial charge in [0.15, 0.2) is 11.5 Å². The Labute approximate surface area is 244 Å². The van der Waals surface area contributed by atoms with Gasteiger partial charge in [0.25, 0.3) is 10.0 Å². The van der Waals surface area contributed by atoms with Gasteiger partial charge in [0.2, 0.25) is 0 Å². The van der Waals surface area contributed by atoms with Crippen molar-refractivity contribution in [2.75, 3.05) is 66.1 Å². The Balaban J connectivity index is 1.40. The molecule has 42 heavy (non-hydrogen) atoms. The third-order valence-electron chi connectivity index (χ3n) is 7.02. The van der Waals surface area contributed by atoms with Gasteiger partial charge in [-0.05, 0) is 53.2 Å². The van der Waals surface area contributed by atoms with Gasteiger partial charge in [-0.15, -0.1) is 0 Å². The highest BCUT2D eigenvalue weighted by molar-refractivity contribution is 7.90. The molecule has 0 amide bonds. The summed E-state index contributed by atoms with van der Waals surface area (Å²) in [6, 6.07) is 23.8. The lowest BCUT2D eigenvalue weighted by molar-refractivity contribution is -0.00840. The summed E-state index contributed by atoms with van der Waals surface area (Å²) in [5.74, 6) is 1.12. The molecular weight excluding hydrogens is 558 g/mol. The predicted molar refractivity (Wildman–Crippen MR) is 160 cm³/mol. The fourth-order valence-electron chi connectivity index (χ4n) is 5.05. The lowest BCUT2D eigenvalue weighted by atomic mass is 10.1. The van der Waals surface area contributed by atoms with E-state index in [2.05, 4.69) is 0 Å². The smallest absolute Gasteiger partial charge is 0.268 e. The first-order chi connectivity index (χ1) is 20.6. The van der Waals surface area contributed by atoms with E-state index in [4.69, 9.17) is 28.4 Å². The van der Waals surface area contributed by atoms with E-state index in [0.717, 1.165) is 21.5 Å². The molecule has 0 saturated carbocycles. The number of para-hydroxylation sites is 1. The van der Waals surface area contributed by atoms with Crippen LogP contribution in [0.15, 0.2) is 83.8 Å². The van der Waals surface area contributed by atoms with E-state index in [1.165, 1.54) is 3.97 Å². The van der Waals surface area contributed by atoms with E-state index in [9.17, 15) is 8.42 Å². The Morgan fingerprint density at radius 2 is 1.00 bits per heavy atom. The Bertz CT molecular complexity index is 1770. The summed E-state index contributed by atoms with van der Waals surface area (Å²) in [5, 5.41) is 3.40. The summed E-state index contributed by atoms with van der Waals surface area (Å²) in [4.78, 5) is 0.227. The lowest BCUT2D eigenvalue weighted by Crippen LogP contribution is -2.16. The van der Waals surface area contributed by atoms with Crippen molar-refractivity contribution in [2.45, 2.75) is 4.90 Å². The molecule has 2 heterocycles. The van der Waals surface area contributed by atoms with Gasteiger partial charge in [-0.1, -0.05) is 36.4 Å². The Hall–Kier alpha value is -3.67. The zero-order chi connectivity index (χ0) is 28.8. The molecule has 0 radical (unpaired) electrons. The Morgan fingerprint density at radius 3 is 1.60 bits per heavy atom. The van der Waals surface area contributed by atoms with E-state index in [1.807, 2.05) is 48.5 Å². The van der Waals surface area contributed by atoms with Crippen molar-refractivity contribution in [2.24, 2.45) is 0 Å². The fourth-order valence-corrected chi connectivity index (χ4v) is 6.59. The van der Waals surface area contributed by atoms with Gasteiger partial charge in [-0.25, -0.2) is 12.4 Å². The van der Waals surface area contributed by atoms with Gasteiger partial charge in [-0.3, -0.25) is 0 Å². The summed E-state index contributed by atoms with van der Waals surface area (Å²) in [7, 11) is -3.87. The number of hydrogen-bond donors (Lipinski definition) is 0. The van der Waals surface area contributed by atoms with Crippen LogP contribution in [0.4, 0.5) is 0 Å². The van der Waals surface area contributed by atoms with Gasteiger partial charge >= 0.3 is 0 Å². The number of ether oxygens (including phenoxy) is 6. The number of fused-ring (bicyclic) bond motifs is 5. The standard InChI is InChI=1S/C32H33NO8S/c34-42(35,26-6-2-1-3-7-26)33-29-9-5-4-8-27(29)28-20-24-22-31-32(23-25(24)21-30(28)33)41-19-17-39-15-13-37-11-10-36-12-14-38-16-18-40-31/h1-9,20-23H,10-19H2. The van der Waals surface area contributed by atoms with Crippen molar-refractivity contribution in [1.82, 2.24) is 3.97 Å². The zero-order valence-corrected chi connectivity index (χ0v) is 24.0. The molecule has 220 valence electrons. The van der Waals surface area contributed by atoms with Crippen LogP contribution in [0.25, 0.3) is 32.6 Å². The molecule has 1 aromatic heterocycles. The average Bonchev–Trinajstić information content (AvgIpc) is 3.33. The highest BCUT2D eigenvalue weighted by atomic mass is 32.2. The van der Waals surface area contributed by atoms with Crippen LogP contribution < -0.4 is 9.47 Å². The average molecular weight is 592 g/mol. The fraction of sp³-hybridized carbons (Fsp3) is 0.312. The van der Waals surface area contributed by atoms with Crippen molar-refractivity contribution in [3.63, 3.8) is 0 Å². The molecule has 0 spiro atoms. The highest BCUT2D eigenvalue weighted by Crippen LogP contribution is 2.39. The molecular formula is C32H33NO8S. The summed E-state index contributed by atoms with van der Waals surface area (Å²) in [6.45, 7) is 4.29. The van der Waals surface area contributed by atoms with Crippen LogP contribution in [0.3, 0.4) is 0 Å². The molecule has 5 aromatic rings. The summed E-state index contributed by atoms with van der Waals surface area (Å²) < 4.78 is 63.8. The van der Waals surface area contributed by atoms with E-state index in [0.29, 0.717) is 88.6 Å². The third-order valence-corrected chi connectivity index (χ3v) is 8.76. The maximum absolute atomic E-state index is 13.9. The molecule has 0 fully saturated rings. The summed E-state index contributed by atoms with van der Waals surface area (Å²) >= 11 is 0. The lowest BCUT2D eigenvalue weighted by Gasteiger charge is -2.15. The number of nitrogens with zero attached hydrogens (tertiary/aromatic N) is 1. The first-order valence-electron chi connectivity index (χ1n) is 14.0. The van der Waals surface area contributed by atoms with Crippen molar-refractivity contribution in [1.29, 1.82) is 0 Å². The second-order valence-electron chi connectivity index (χ2n) is 9.76. The van der Waals surface area contributed by atoms with E-state index in [-0.39, 0.29) is 4.90 Å². The van der Waals surface area contributed by atoms with Crippen LogP contribution in [-0.4, -0.2) is 78.5 Å². The quantitative estimate of drug-likeness (QED) is 0.283. The van der Waals surface area contributed by atoms with Crippen LogP contribution >= 0.6 is 0 Å². The Kier molecular flexibility index (Phi) is 8.87. The van der Waals surface area contributed by atoms with Crippen molar-refractivity contribution in [3.05, 3.63) is 78.9 Å². The molecule has 0 aliphatic carbocycles. The maximum Gasteiger partial charge on any atom is 0.268 e. The third kappa shape index (κ3) is 6.08. The second kappa shape index (κ2) is 13.1. The van der Waals surface area contributed by atoms with Crippen molar-refractivity contribution in [3.8, 4) is 11.5 Å². The van der Waals surface area contributed by atoms with E-state index in [1.54, 1.807) is 30.3 Å². The zero-order valence-electron chi connectivity index (χ0n) is 23.2. The molecule has 1 aliphatic rings. The largest absolute Gasteiger partial charge is 0.487 e. The molecule has 0 N–H and O–H groups in total. The first-order valence-corrected chi connectivity index (χ1v) is 15.4. The number of aromatic nitrogens is 1. The molecule has 0 bridgehead atoms. The van der Waals surface area contributed by atoms with Gasteiger partial charge in [0.1, 0.15) is 13.2 Å². The van der Waals surface area contributed by atoms with Gasteiger partial charge < -0.3 is 28.4 Å². The molecule has 1 aliphatic heterocycles. The predicted octanol–water partition coefficient (Wildman–Crippen LogP) is 5.02. The van der Waals surface area contributed by atoms with E-state index >= 15 is 0 Å². The van der Waals surface area contributed by atoms with Crippen LogP contribution in [0.1, 0.15) is 0 Å². The normalized spacial score (nSPS) is 16.8. The molecule has 6 rings (SSSR count). The first kappa shape index (κ1) is 28.4. The van der Waals surface area contributed by atoms with Gasteiger partial charge in [-0.2, -0.15) is 0 Å². The minimum atomic E-state index is -3.87. The van der Waals surface area contributed by atoms with Crippen molar-refractivity contribution >= 4 is 42.6 Å². The summed E-state index contributed by atoms with van der Waals surface area (Å²) in [6.07, 6.45) is 0. The molecule has 0 unspecified atom stereocenters. The van der Waals surface area contributed by atoms with Gasteiger partial charge in [0, 0.05) is 10.8 Å². The second-order valence-corrected chi connectivity index (χ2v) is 11.5. The minimum absolute atomic E-state index is 0.227. The number of hydrogen-bond acceptors (Lipinski definition) is 8. The van der Waals surface area contributed by atoms with Crippen LogP contribution in [0, 0.1) is 0 Å². The SMILES string of the molecule is O=S(=O)(c1ccccc1)n1c2ccccc2c2cc3cc4c(cc3cc21)OCCOCCOCCOCCOCCO4. The highest BCUT2D eigenvalue weighted by Gasteiger charge is 2.24. The Morgan fingerprint density at radius 1 is 0.500 bits per heavy atom. The molecule has 0 atom stereocenters. The molecule has 4 aromatic carbocycles. The number of rotatable bonds is 2. The van der Waals surface area contributed by atoms with Crippen LogP contribution in [-0.2, 0) is 29.0 Å². The monoisotopic (exact) mass is 591 g/mol. The summed E-state index contributed by atoms with van der Waals surface area (Å²) in [5.41, 5.74) is 1.21. The van der Waals surface area contributed by atoms with Crippen molar-refractivity contribution < 1.29 is 36.8 Å². The van der Waals surface area contributed by atoms with Crippen LogP contribution in [0.5, 0.6) is 11.5 Å². The van der Waals surface area contributed by atoms with E-state index < -0.39 is 10.0 Å². The molecule has 9 nitrogen and oxygen atoms in total. The molecule has 0 saturated heterocycles. The molecule has 10 heteroatoms. The number of benzene rings is 4. The van der Waals surface area contributed by atoms with Gasteiger partial charge in [0.05, 0.1) is 68.8 Å².